The molecule has 0 N–H and O–H groups in total. The molecule has 0 fully saturated rings. The van der Waals surface area contributed by atoms with E-state index in [2.05, 4.69) is 4.57 Å². The molecule has 3 heteroatoms. The summed E-state index contributed by atoms with van der Waals surface area (Å²) in [5.74, 6) is 0.0320. The Bertz CT molecular complexity index is 1160. The summed E-state index contributed by atoms with van der Waals surface area (Å²) in [7, 11) is 0. The van der Waals surface area contributed by atoms with Crippen LogP contribution in [0.5, 0.6) is 0 Å². The van der Waals surface area contributed by atoms with Gasteiger partial charge in [-0.2, -0.15) is 0 Å². The smallest absolute Gasteiger partial charge is 0.190 e. The van der Waals surface area contributed by atoms with Gasteiger partial charge in [-0.1, -0.05) is 42.5 Å². The highest BCUT2D eigenvalue weighted by Gasteiger charge is 2.12. The molecule has 0 saturated heterocycles. The van der Waals surface area contributed by atoms with Gasteiger partial charge >= 0.3 is 0 Å². The number of fused-ring (bicyclic) bond motifs is 1. The summed E-state index contributed by atoms with van der Waals surface area (Å²) in [5.41, 5.74) is 4.20. The molecule has 0 unspecified atom stereocenters. The first kappa shape index (κ1) is 16.0. The zero-order valence-electron chi connectivity index (χ0n) is 14.3. The lowest BCUT2D eigenvalue weighted by Crippen LogP contribution is -2.10. The van der Waals surface area contributed by atoms with Gasteiger partial charge in [0.1, 0.15) is 0 Å². The van der Waals surface area contributed by atoms with E-state index in [1.807, 2.05) is 78.9 Å². The van der Waals surface area contributed by atoms with Crippen molar-refractivity contribution >= 4 is 16.7 Å². The van der Waals surface area contributed by atoms with Crippen molar-refractivity contribution in [2.75, 3.05) is 0 Å². The second-order valence-corrected chi connectivity index (χ2v) is 6.22. The molecule has 1 aromatic heterocycles. The van der Waals surface area contributed by atoms with Crippen LogP contribution < -0.4 is 5.43 Å². The molecule has 0 spiro atoms. The van der Waals surface area contributed by atoms with Gasteiger partial charge in [0.25, 0.3) is 0 Å². The second-order valence-electron chi connectivity index (χ2n) is 6.22. The molecule has 4 rings (SSSR count). The highest BCUT2D eigenvalue weighted by molar-refractivity contribution is 5.94. The lowest BCUT2D eigenvalue weighted by Gasteiger charge is -2.17. The fourth-order valence-electron chi connectivity index (χ4n) is 3.22. The van der Waals surface area contributed by atoms with Crippen LogP contribution in [0.3, 0.4) is 0 Å². The number of ketones is 1. The maximum atomic E-state index is 12.6. The van der Waals surface area contributed by atoms with Crippen molar-refractivity contribution in [2.45, 2.75) is 6.92 Å². The van der Waals surface area contributed by atoms with Crippen LogP contribution in [0, 0.1) is 0 Å². The summed E-state index contributed by atoms with van der Waals surface area (Å²) in [4.78, 5) is 24.2. The Hall–Kier alpha value is -3.46. The molecule has 3 aromatic carbocycles. The monoisotopic (exact) mass is 339 g/mol. The Morgan fingerprint density at radius 1 is 0.808 bits per heavy atom. The van der Waals surface area contributed by atoms with Crippen molar-refractivity contribution in [2.24, 2.45) is 0 Å². The molecule has 0 amide bonds. The van der Waals surface area contributed by atoms with Crippen LogP contribution >= 0.6 is 0 Å². The standard InChI is InChI=1S/C23H17NO2/c1-16(25)17-11-13-19(14-12-17)24-21-10-6-5-9-20(21)23(26)15-22(24)18-7-3-2-4-8-18/h2-15H,1H3. The SMILES string of the molecule is CC(=O)c1ccc(-n2c(-c3ccccc3)cc(=O)c3ccccc32)cc1. The maximum absolute atomic E-state index is 12.6. The summed E-state index contributed by atoms with van der Waals surface area (Å²) in [6, 6.07) is 26.6. The third-order valence-electron chi connectivity index (χ3n) is 4.52. The average molecular weight is 339 g/mol. The van der Waals surface area contributed by atoms with E-state index in [9.17, 15) is 9.59 Å². The van der Waals surface area contributed by atoms with Crippen LogP contribution in [0.15, 0.2) is 89.7 Å². The molecule has 0 aliphatic rings. The highest BCUT2D eigenvalue weighted by Crippen LogP contribution is 2.26. The van der Waals surface area contributed by atoms with Crippen molar-refractivity contribution in [1.29, 1.82) is 0 Å². The first-order valence-electron chi connectivity index (χ1n) is 8.47. The van der Waals surface area contributed by atoms with Crippen molar-refractivity contribution in [1.82, 2.24) is 4.57 Å². The maximum Gasteiger partial charge on any atom is 0.190 e. The Morgan fingerprint density at radius 2 is 1.46 bits per heavy atom. The zero-order valence-corrected chi connectivity index (χ0v) is 14.3. The first-order chi connectivity index (χ1) is 12.6. The number of benzene rings is 3. The van der Waals surface area contributed by atoms with Crippen molar-refractivity contribution in [3.8, 4) is 16.9 Å². The summed E-state index contributed by atoms with van der Waals surface area (Å²) >= 11 is 0. The number of rotatable bonds is 3. The van der Waals surface area contributed by atoms with Gasteiger partial charge in [-0.15, -0.1) is 0 Å². The van der Waals surface area contributed by atoms with Crippen LogP contribution in [-0.4, -0.2) is 10.4 Å². The normalized spacial score (nSPS) is 10.8. The van der Waals surface area contributed by atoms with Crippen LogP contribution in [-0.2, 0) is 0 Å². The Morgan fingerprint density at radius 3 is 2.15 bits per heavy atom. The van der Waals surface area contributed by atoms with Crippen molar-refractivity contribution < 1.29 is 4.79 Å². The molecule has 0 atom stereocenters. The molecule has 26 heavy (non-hydrogen) atoms. The minimum Gasteiger partial charge on any atom is -0.309 e. The molecule has 126 valence electrons. The van der Waals surface area contributed by atoms with Crippen LogP contribution in [0.25, 0.3) is 27.8 Å². The fraction of sp³-hybridized carbons (Fsp3) is 0.0435. The summed E-state index contributed by atoms with van der Waals surface area (Å²) in [6.45, 7) is 1.55. The van der Waals surface area contributed by atoms with Gasteiger partial charge in [-0.05, 0) is 48.9 Å². The summed E-state index contributed by atoms with van der Waals surface area (Å²) < 4.78 is 2.07. The Balaban J connectivity index is 2.07. The zero-order chi connectivity index (χ0) is 18.1. The predicted molar refractivity (Wildman–Crippen MR) is 105 cm³/mol. The largest absolute Gasteiger partial charge is 0.309 e. The molecular weight excluding hydrogens is 322 g/mol. The number of carbonyl (C=O) groups is 1. The average Bonchev–Trinajstić information content (AvgIpc) is 2.69. The van der Waals surface area contributed by atoms with Crippen LogP contribution in [0.1, 0.15) is 17.3 Å². The molecule has 0 bridgehead atoms. The first-order valence-corrected chi connectivity index (χ1v) is 8.47. The third kappa shape index (κ3) is 2.74. The number of nitrogens with zero attached hydrogens (tertiary/aromatic N) is 1. The minimum atomic E-state index is -0.00365. The molecule has 0 saturated carbocycles. The second kappa shape index (κ2) is 6.45. The molecule has 0 radical (unpaired) electrons. The van der Waals surface area contributed by atoms with E-state index in [1.54, 1.807) is 13.0 Å². The van der Waals surface area contributed by atoms with Gasteiger partial charge in [-0.25, -0.2) is 0 Å². The number of para-hydroxylation sites is 1. The topological polar surface area (TPSA) is 39.1 Å². The third-order valence-corrected chi connectivity index (χ3v) is 4.52. The molecule has 0 aliphatic heterocycles. The Labute approximate surface area is 151 Å². The van der Waals surface area contributed by atoms with E-state index < -0.39 is 0 Å². The molecular formula is C23H17NO2. The number of hydrogen-bond donors (Lipinski definition) is 0. The van der Waals surface area contributed by atoms with Crippen molar-refractivity contribution in [3.63, 3.8) is 0 Å². The number of carbonyl (C=O) groups excluding carboxylic acids is 1. The lowest BCUT2D eigenvalue weighted by molar-refractivity contribution is 0.101. The minimum absolute atomic E-state index is 0.00365. The van der Waals surface area contributed by atoms with Gasteiger partial charge in [-0.3, -0.25) is 9.59 Å². The summed E-state index contributed by atoms with van der Waals surface area (Å²) in [6.07, 6.45) is 0. The van der Waals surface area contributed by atoms with Crippen molar-refractivity contribution in [3.05, 3.63) is 101 Å². The Kier molecular flexibility index (Phi) is 3.98. The number of Topliss-reactive ketones (excluding diaryl/α,β-unsaturated/α-hetero) is 1. The van der Waals surface area contributed by atoms with Gasteiger partial charge < -0.3 is 4.57 Å². The van der Waals surface area contributed by atoms with Gasteiger partial charge in [0.2, 0.25) is 0 Å². The van der Waals surface area contributed by atoms with Gasteiger partial charge in [0, 0.05) is 22.7 Å². The van der Waals surface area contributed by atoms with E-state index >= 15 is 0 Å². The lowest BCUT2D eigenvalue weighted by atomic mass is 10.1. The molecule has 3 nitrogen and oxygen atoms in total. The predicted octanol–water partition coefficient (Wildman–Crippen LogP) is 4.86. The van der Waals surface area contributed by atoms with E-state index in [-0.39, 0.29) is 11.2 Å². The van der Waals surface area contributed by atoms with E-state index in [4.69, 9.17) is 0 Å². The van der Waals surface area contributed by atoms with Gasteiger partial charge in [0.15, 0.2) is 11.2 Å². The molecule has 0 aliphatic carbocycles. The summed E-state index contributed by atoms with van der Waals surface area (Å²) in [5, 5.41) is 0.669. The highest BCUT2D eigenvalue weighted by atomic mass is 16.1. The fourth-order valence-corrected chi connectivity index (χ4v) is 3.22. The molecule has 4 aromatic rings. The van der Waals surface area contributed by atoms with E-state index in [1.165, 1.54) is 0 Å². The van der Waals surface area contributed by atoms with E-state index in [0.29, 0.717) is 10.9 Å². The number of aromatic nitrogens is 1. The molecule has 1 heterocycles. The van der Waals surface area contributed by atoms with Crippen LogP contribution in [0.2, 0.25) is 0 Å². The van der Waals surface area contributed by atoms with E-state index in [0.717, 1.165) is 22.5 Å². The van der Waals surface area contributed by atoms with Gasteiger partial charge in [0.05, 0.1) is 11.2 Å². The number of hydrogen-bond acceptors (Lipinski definition) is 2. The van der Waals surface area contributed by atoms with Crippen LogP contribution in [0.4, 0.5) is 0 Å². The number of pyridine rings is 1. The quantitative estimate of drug-likeness (QED) is 0.500.